The van der Waals surface area contributed by atoms with Gasteiger partial charge in [-0.15, -0.1) is 0 Å². The van der Waals surface area contributed by atoms with Crippen LogP contribution in [0.5, 0.6) is 0 Å². The first-order valence-corrected chi connectivity index (χ1v) is 8.58. The fourth-order valence-corrected chi connectivity index (χ4v) is 3.96. The average Bonchev–Trinajstić information content (AvgIpc) is 3.12. The van der Waals surface area contributed by atoms with E-state index in [1.54, 1.807) is 0 Å². The van der Waals surface area contributed by atoms with Crippen molar-refractivity contribution in [3.8, 4) is 11.1 Å². The van der Waals surface area contributed by atoms with Crippen LogP contribution in [-0.2, 0) is 0 Å². The van der Waals surface area contributed by atoms with Crippen molar-refractivity contribution in [1.29, 1.82) is 0 Å². The number of aromatic nitrogens is 2. The van der Waals surface area contributed by atoms with Crippen LogP contribution in [0.3, 0.4) is 0 Å². The van der Waals surface area contributed by atoms with Crippen molar-refractivity contribution >= 4 is 27.3 Å². The summed E-state index contributed by atoms with van der Waals surface area (Å²) in [5.74, 6) is 0. The maximum Gasteiger partial charge on any atom is 0.145 e. The number of hydrogen-bond donors (Lipinski definition) is 0. The SMILES string of the molecule is Cc1ccc(-c2cccc3c2c2ccccc2n2ccnc32)c(C)c1. The molecule has 0 radical (unpaired) electrons. The minimum Gasteiger partial charge on any atom is -0.299 e. The second-order valence-corrected chi connectivity index (χ2v) is 6.68. The predicted molar refractivity (Wildman–Crippen MR) is 105 cm³/mol. The van der Waals surface area contributed by atoms with Gasteiger partial charge in [-0.2, -0.15) is 0 Å². The van der Waals surface area contributed by atoms with E-state index in [1.807, 2.05) is 12.4 Å². The number of pyridine rings is 1. The Morgan fingerprint density at radius 1 is 0.800 bits per heavy atom. The van der Waals surface area contributed by atoms with E-state index in [0.717, 1.165) is 5.65 Å². The van der Waals surface area contributed by atoms with Crippen LogP contribution in [0.1, 0.15) is 11.1 Å². The Labute approximate surface area is 146 Å². The number of hydrogen-bond acceptors (Lipinski definition) is 1. The quantitative estimate of drug-likeness (QED) is 0.350. The van der Waals surface area contributed by atoms with E-state index in [4.69, 9.17) is 0 Å². The molecule has 0 atom stereocenters. The fraction of sp³-hybridized carbons (Fsp3) is 0.0870. The van der Waals surface area contributed by atoms with Gasteiger partial charge in [0.2, 0.25) is 0 Å². The molecule has 2 heterocycles. The largest absolute Gasteiger partial charge is 0.299 e. The zero-order chi connectivity index (χ0) is 17.0. The van der Waals surface area contributed by atoms with Gasteiger partial charge in [-0.05, 0) is 36.6 Å². The van der Waals surface area contributed by atoms with E-state index in [9.17, 15) is 0 Å². The van der Waals surface area contributed by atoms with Crippen LogP contribution in [0, 0.1) is 13.8 Å². The lowest BCUT2D eigenvalue weighted by Gasteiger charge is -2.14. The maximum atomic E-state index is 4.63. The van der Waals surface area contributed by atoms with Crippen molar-refractivity contribution in [1.82, 2.24) is 9.38 Å². The summed E-state index contributed by atoms with van der Waals surface area (Å²) in [5, 5.41) is 3.74. The standard InChI is InChI=1S/C23H18N2/c1-15-10-11-17(16(2)14-15)18-7-5-8-20-22(18)19-6-3-4-9-21(19)25-13-12-24-23(20)25/h3-14H,1-2H3. The Morgan fingerprint density at radius 2 is 1.64 bits per heavy atom. The van der Waals surface area contributed by atoms with E-state index in [-0.39, 0.29) is 0 Å². The molecule has 0 saturated carbocycles. The number of benzene rings is 3. The van der Waals surface area contributed by atoms with Crippen molar-refractivity contribution in [3.05, 3.63) is 84.2 Å². The highest BCUT2D eigenvalue weighted by Crippen LogP contribution is 2.37. The minimum absolute atomic E-state index is 1.01. The summed E-state index contributed by atoms with van der Waals surface area (Å²) in [4.78, 5) is 4.63. The lowest BCUT2D eigenvalue weighted by molar-refractivity contribution is 1.27. The number of fused-ring (bicyclic) bond motifs is 6. The van der Waals surface area contributed by atoms with Gasteiger partial charge in [0.25, 0.3) is 0 Å². The Balaban J connectivity index is 2.04. The van der Waals surface area contributed by atoms with Crippen LogP contribution < -0.4 is 0 Å². The molecule has 5 rings (SSSR count). The third-order valence-corrected chi connectivity index (χ3v) is 5.05. The maximum absolute atomic E-state index is 4.63. The van der Waals surface area contributed by atoms with E-state index in [0.29, 0.717) is 0 Å². The molecule has 0 bridgehead atoms. The molecule has 0 fully saturated rings. The summed E-state index contributed by atoms with van der Waals surface area (Å²) in [6.45, 7) is 4.33. The van der Waals surface area contributed by atoms with E-state index in [2.05, 4.69) is 83.9 Å². The lowest BCUT2D eigenvalue weighted by Crippen LogP contribution is -1.93. The molecular formula is C23H18N2. The second kappa shape index (κ2) is 5.18. The molecule has 25 heavy (non-hydrogen) atoms. The van der Waals surface area contributed by atoms with Gasteiger partial charge >= 0.3 is 0 Å². The van der Waals surface area contributed by atoms with Crippen molar-refractivity contribution in [2.45, 2.75) is 13.8 Å². The molecule has 0 spiro atoms. The zero-order valence-corrected chi connectivity index (χ0v) is 14.3. The van der Waals surface area contributed by atoms with Crippen LogP contribution >= 0.6 is 0 Å². The Bertz CT molecular complexity index is 1260. The molecule has 0 aliphatic heterocycles. The molecular weight excluding hydrogens is 304 g/mol. The fourth-order valence-electron chi connectivity index (χ4n) is 3.96. The molecule has 3 aromatic carbocycles. The molecule has 2 aromatic heterocycles. The number of nitrogens with zero attached hydrogens (tertiary/aromatic N) is 2. The molecule has 0 saturated heterocycles. The summed E-state index contributed by atoms with van der Waals surface area (Å²) in [6.07, 6.45) is 3.92. The molecule has 0 unspecified atom stereocenters. The number of para-hydroxylation sites is 1. The van der Waals surface area contributed by atoms with Gasteiger partial charge in [0.1, 0.15) is 5.65 Å². The molecule has 0 N–H and O–H groups in total. The van der Waals surface area contributed by atoms with Crippen LogP contribution in [0.15, 0.2) is 73.1 Å². The van der Waals surface area contributed by atoms with E-state index < -0.39 is 0 Å². The first-order valence-electron chi connectivity index (χ1n) is 8.58. The van der Waals surface area contributed by atoms with Crippen molar-refractivity contribution < 1.29 is 0 Å². The first kappa shape index (κ1) is 14.2. The minimum atomic E-state index is 1.01. The van der Waals surface area contributed by atoms with Crippen LogP contribution in [-0.4, -0.2) is 9.38 Å². The highest BCUT2D eigenvalue weighted by molar-refractivity contribution is 6.17. The second-order valence-electron chi connectivity index (χ2n) is 6.68. The van der Waals surface area contributed by atoms with E-state index >= 15 is 0 Å². The summed E-state index contributed by atoms with van der Waals surface area (Å²) in [6, 6.07) is 21.8. The summed E-state index contributed by atoms with van der Waals surface area (Å²) in [7, 11) is 0. The van der Waals surface area contributed by atoms with Crippen molar-refractivity contribution in [2.24, 2.45) is 0 Å². The number of rotatable bonds is 1. The molecule has 5 aromatic rings. The highest BCUT2D eigenvalue weighted by Gasteiger charge is 2.14. The number of imidazole rings is 1. The topological polar surface area (TPSA) is 17.3 Å². The monoisotopic (exact) mass is 322 g/mol. The smallest absolute Gasteiger partial charge is 0.145 e. The van der Waals surface area contributed by atoms with Gasteiger partial charge in [-0.25, -0.2) is 4.98 Å². The Morgan fingerprint density at radius 3 is 2.52 bits per heavy atom. The Hall–Kier alpha value is -3.13. The van der Waals surface area contributed by atoms with Crippen molar-refractivity contribution in [2.75, 3.05) is 0 Å². The van der Waals surface area contributed by atoms with Gasteiger partial charge in [-0.3, -0.25) is 4.40 Å². The Kier molecular flexibility index (Phi) is 2.95. The van der Waals surface area contributed by atoms with Gasteiger partial charge < -0.3 is 0 Å². The highest BCUT2D eigenvalue weighted by atomic mass is 15.0. The molecule has 120 valence electrons. The number of aryl methyl sites for hydroxylation is 2. The zero-order valence-electron chi connectivity index (χ0n) is 14.3. The summed E-state index contributed by atoms with van der Waals surface area (Å²) >= 11 is 0. The lowest BCUT2D eigenvalue weighted by atomic mass is 9.92. The van der Waals surface area contributed by atoms with Gasteiger partial charge in [0, 0.05) is 28.6 Å². The molecule has 2 nitrogen and oxygen atoms in total. The normalized spacial score (nSPS) is 11.6. The average molecular weight is 322 g/mol. The third-order valence-electron chi connectivity index (χ3n) is 5.05. The summed E-state index contributed by atoms with van der Waals surface area (Å²) < 4.78 is 2.18. The van der Waals surface area contributed by atoms with E-state index in [1.165, 1.54) is 43.9 Å². The van der Waals surface area contributed by atoms with Crippen LogP contribution in [0.2, 0.25) is 0 Å². The summed E-state index contributed by atoms with van der Waals surface area (Å²) in [5.41, 5.74) is 7.37. The third kappa shape index (κ3) is 2.01. The predicted octanol–water partition coefficient (Wildman–Crippen LogP) is 5.92. The molecule has 0 aliphatic rings. The van der Waals surface area contributed by atoms with Gasteiger partial charge in [-0.1, -0.05) is 60.2 Å². The van der Waals surface area contributed by atoms with Gasteiger partial charge in [0.15, 0.2) is 0 Å². The molecule has 2 heteroatoms. The molecule has 0 amide bonds. The first-order chi connectivity index (χ1) is 12.2. The van der Waals surface area contributed by atoms with Crippen LogP contribution in [0.4, 0.5) is 0 Å². The van der Waals surface area contributed by atoms with Crippen molar-refractivity contribution in [3.63, 3.8) is 0 Å². The van der Waals surface area contributed by atoms with Gasteiger partial charge in [0.05, 0.1) is 5.52 Å². The molecule has 0 aliphatic carbocycles. The van der Waals surface area contributed by atoms with Crippen LogP contribution in [0.25, 0.3) is 38.4 Å².